The molecule has 4 fully saturated rings. The van der Waals surface area contributed by atoms with Crippen LogP contribution in [0.15, 0.2) is 0 Å². The Kier molecular flexibility index (Phi) is 2.89. The molecular formula is C19H30O. The van der Waals surface area contributed by atoms with Gasteiger partial charge in [0, 0.05) is 11.8 Å². The van der Waals surface area contributed by atoms with Crippen LogP contribution in [-0.4, -0.2) is 5.78 Å². The molecule has 0 aromatic carbocycles. The maximum absolute atomic E-state index is 12.4. The topological polar surface area (TPSA) is 17.1 Å². The SMILES string of the molecule is C[C@]12CCCC[C@H]1CC[C@@H]1[C@@H]2CC[C@]2(C)C(=O)CC[C@@H]12. The van der Waals surface area contributed by atoms with Crippen molar-refractivity contribution in [2.45, 2.75) is 78.1 Å². The van der Waals surface area contributed by atoms with Crippen molar-refractivity contribution in [3.05, 3.63) is 0 Å². The summed E-state index contributed by atoms with van der Waals surface area (Å²) >= 11 is 0. The molecule has 0 bridgehead atoms. The molecule has 0 amide bonds. The highest BCUT2D eigenvalue weighted by Gasteiger charge is 2.59. The zero-order valence-electron chi connectivity index (χ0n) is 13.3. The van der Waals surface area contributed by atoms with Gasteiger partial charge in [-0.2, -0.15) is 0 Å². The maximum Gasteiger partial charge on any atom is 0.139 e. The Balaban J connectivity index is 1.66. The summed E-state index contributed by atoms with van der Waals surface area (Å²) in [7, 11) is 0. The molecule has 0 radical (unpaired) electrons. The van der Waals surface area contributed by atoms with Gasteiger partial charge in [0.1, 0.15) is 5.78 Å². The second kappa shape index (κ2) is 4.34. The molecule has 0 spiro atoms. The molecule has 4 aliphatic rings. The summed E-state index contributed by atoms with van der Waals surface area (Å²) in [5, 5.41) is 0. The minimum Gasteiger partial charge on any atom is -0.299 e. The minimum atomic E-state index is 0.0685. The van der Waals surface area contributed by atoms with Gasteiger partial charge in [-0.05, 0) is 74.0 Å². The van der Waals surface area contributed by atoms with E-state index in [1.165, 1.54) is 57.8 Å². The molecular weight excluding hydrogens is 244 g/mol. The van der Waals surface area contributed by atoms with Gasteiger partial charge in [0.2, 0.25) is 0 Å². The maximum atomic E-state index is 12.4. The molecule has 0 aliphatic heterocycles. The summed E-state index contributed by atoms with van der Waals surface area (Å²) in [4.78, 5) is 12.4. The number of carbonyl (C=O) groups is 1. The normalized spacial score (nSPS) is 55.0. The molecule has 112 valence electrons. The third-order valence-electron chi connectivity index (χ3n) is 8.29. The fourth-order valence-corrected chi connectivity index (χ4v) is 7.07. The lowest BCUT2D eigenvalue weighted by Gasteiger charge is -2.59. The monoisotopic (exact) mass is 274 g/mol. The van der Waals surface area contributed by atoms with Crippen molar-refractivity contribution in [3.63, 3.8) is 0 Å². The van der Waals surface area contributed by atoms with Crippen molar-refractivity contribution in [1.82, 2.24) is 0 Å². The largest absolute Gasteiger partial charge is 0.299 e. The first-order chi connectivity index (χ1) is 9.56. The van der Waals surface area contributed by atoms with Crippen molar-refractivity contribution in [1.29, 1.82) is 0 Å². The Morgan fingerprint density at radius 1 is 0.900 bits per heavy atom. The van der Waals surface area contributed by atoms with Gasteiger partial charge in [-0.3, -0.25) is 4.79 Å². The van der Waals surface area contributed by atoms with E-state index in [2.05, 4.69) is 13.8 Å². The number of hydrogen-bond acceptors (Lipinski definition) is 1. The molecule has 6 atom stereocenters. The van der Waals surface area contributed by atoms with E-state index in [4.69, 9.17) is 0 Å². The molecule has 0 unspecified atom stereocenters. The van der Waals surface area contributed by atoms with Gasteiger partial charge in [-0.1, -0.05) is 26.7 Å². The lowest BCUT2D eigenvalue weighted by Crippen LogP contribution is -2.52. The van der Waals surface area contributed by atoms with Gasteiger partial charge in [0.15, 0.2) is 0 Å². The summed E-state index contributed by atoms with van der Waals surface area (Å²) in [6, 6.07) is 0. The summed E-state index contributed by atoms with van der Waals surface area (Å²) in [5.41, 5.74) is 0.688. The van der Waals surface area contributed by atoms with Crippen LogP contribution < -0.4 is 0 Å². The number of rotatable bonds is 0. The van der Waals surface area contributed by atoms with E-state index in [1.54, 1.807) is 0 Å². The zero-order valence-corrected chi connectivity index (χ0v) is 13.3. The van der Waals surface area contributed by atoms with Gasteiger partial charge in [0.25, 0.3) is 0 Å². The Hall–Kier alpha value is -0.330. The Bertz CT molecular complexity index is 427. The number of fused-ring (bicyclic) bond motifs is 5. The molecule has 0 aromatic heterocycles. The first-order valence-corrected chi connectivity index (χ1v) is 9.09. The lowest BCUT2D eigenvalue weighted by molar-refractivity contribution is -0.138. The van der Waals surface area contributed by atoms with Crippen LogP contribution in [0.1, 0.15) is 78.1 Å². The van der Waals surface area contributed by atoms with Crippen molar-refractivity contribution in [2.24, 2.45) is 34.5 Å². The molecule has 4 saturated carbocycles. The number of Topliss-reactive ketones (excluding diaryl/α,β-unsaturated/α-hetero) is 1. The average molecular weight is 274 g/mol. The Morgan fingerprint density at radius 2 is 1.75 bits per heavy atom. The smallest absolute Gasteiger partial charge is 0.139 e. The van der Waals surface area contributed by atoms with E-state index < -0.39 is 0 Å². The molecule has 1 nitrogen and oxygen atoms in total. The van der Waals surface area contributed by atoms with Gasteiger partial charge in [-0.15, -0.1) is 0 Å². The highest BCUT2D eigenvalue weighted by atomic mass is 16.1. The number of hydrogen-bond donors (Lipinski definition) is 0. The van der Waals surface area contributed by atoms with E-state index in [9.17, 15) is 4.79 Å². The molecule has 4 aliphatic carbocycles. The van der Waals surface area contributed by atoms with E-state index in [1.807, 2.05) is 0 Å². The summed E-state index contributed by atoms with van der Waals surface area (Å²) in [5.74, 6) is 4.13. The third kappa shape index (κ3) is 1.58. The fourth-order valence-electron chi connectivity index (χ4n) is 7.07. The van der Waals surface area contributed by atoms with Crippen LogP contribution in [0.4, 0.5) is 0 Å². The number of carbonyl (C=O) groups excluding carboxylic acids is 1. The van der Waals surface area contributed by atoms with E-state index in [0.29, 0.717) is 11.2 Å². The molecule has 20 heavy (non-hydrogen) atoms. The summed E-state index contributed by atoms with van der Waals surface area (Å²) in [6.07, 6.45) is 13.4. The van der Waals surface area contributed by atoms with Crippen molar-refractivity contribution in [2.75, 3.05) is 0 Å². The van der Waals surface area contributed by atoms with Crippen LogP contribution in [0.5, 0.6) is 0 Å². The molecule has 0 N–H and O–H groups in total. The highest BCUT2D eigenvalue weighted by molar-refractivity contribution is 5.87. The van der Waals surface area contributed by atoms with Crippen molar-refractivity contribution < 1.29 is 4.79 Å². The van der Waals surface area contributed by atoms with E-state index >= 15 is 0 Å². The molecule has 0 heterocycles. The molecule has 0 saturated heterocycles. The van der Waals surface area contributed by atoms with Crippen molar-refractivity contribution >= 4 is 5.78 Å². The fraction of sp³-hybridized carbons (Fsp3) is 0.947. The van der Waals surface area contributed by atoms with Crippen LogP contribution in [0.2, 0.25) is 0 Å². The predicted molar refractivity (Wildman–Crippen MR) is 81.4 cm³/mol. The first-order valence-electron chi connectivity index (χ1n) is 9.09. The predicted octanol–water partition coefficient (Wildman–Crippen LogP) is 4.99. The Labute approximate surface area is 123 Å². The summed E-state index contributed by atoms with van der Waals surface area (Å²) < 4.78 is 0. The number of ketones is 1. The molecule has 0 aromatic rings. The van der Waals surface area contributed by atoms with Crippen LogP contribution in [-0.2, 0) is 4.79 Å². The van der Waals surface area contributed by atoms with E-state index in [0.717, 1.165) is 30.1 Å². The second-order valence-electron chi connectivity index (χ2n) is 8.82. The standard InChI is InChI=1S/C19H30O/c1-18-11-4-3-5-13(18)6-7-14-15-8-9-17(20)19(15,2)12-10-16(14)18/h13-16H,3-12H2,1-2H3/t13-,14-,15-,16-,18-,19-/m0/s1. The van der Waals surface area contributed by atoms with Crippen LogP contribution >= 0.6 is 0 Å². The van der Waals surface area contributed by atoms with Gasteiger partial charge in [0.05, 0.1) is 0 Å². The van der Waals surface area contributed by atoms with Gasteiger partial charge >= 0.3 is 0 Å². The van der Waals surface area contributed by atoms with Gasteiger partial charge in [-0.25, -0.2) is 0 Å². The lowest BCUT2D eigenvalue weighted by atomic mass is 9.45. The Morgan fingerprint density at radius 3 is 2.60 bits per heavy atom. The quantitative estimate of drug-likeness (QED) is 0.608. The first kappa shape index (κ1) is 13.3. The van der Waals surface area contributed by atoms with Crippen LogP contribution in [0, 0.1) is 34.5 Å². The van der Waals surface area contributed by atoms with Crippen LogP contribution in [0.3, 0.4) is 0 Å². The van der Waals surface area contributed by atoms with Gasteiger partial charge < -0.3 is 0 Å². The highest BCUT2D eigenvalue weighted by Crippen LogP contribution is 2.65. The second-order valence-corrected chi connectivity index (χ2v) is 8.82. The van der Waals surface area contributed by atoms with Crippen molar-refractivity contribution in [3.8, 4) is 0 Å². The third-order valence-corrected chi connectivity index (χ3v) is 8.29. The van der Waals surface area contributed by atoms with E-state index in [-0.39, 0.29) is 5.41 Å². The summed E-state index contributed by atoms with van der Waals surface area (Å²) in [6.45, 7) is 4.92. The minimum absolute atomic E-state index is 0.0685. The zero-order chi connectivity index (χ0) is 14.0. The molecule has 1 heteroatoms. The molecule has 4 rings (SSSR count). The average Bonchev–Trinajstić information content (AvgIpc) is 2.74. The van der Waals surface area contributed by atoms with Crippen LogP contribution in [0.25, 0.3) is 0 Å².